The summed E-state index contributed by atoms with van der Waals surface area (Å²) in [4.78, 5) is 36.9. The van der Waals surface area contributed by atoms with Crippen molar-refractivity contribution in [3.05, 3.63) is 70.3 Å². The summed E-state index contributed by atoms with van der Waals surface area (Å²) < 4.78 is 5.31. The molecule has 1 N–H and O–H groups in total. The largest absolute Gasteiger partial charge is 0.477 e. The third-order valence-corrected chi connectivity index (χ3v) is 5.33. The molecule has 4 rings (SSSR count). The van der Waals surface area contributed by atoms with Gasteiger partial charge in [0.2, 0.25) is 5.91 Å². The van der Waals surface area contributed by atoms with Crippen LogP contribution in [0.3, 0.4) is 0 Å². The highest BCUT2D eigenvalue weighted by Gasteiger charge is 2.47. The van der Waals surface area contributed by atoms with E-state index in [0.717, 1.165) is 6.42 Å². The molecule has 1 aliphatic heterocycles. The molecule has 29 heavy (non-hydrogen) atoms. The number of rotatable bonds is 7. The molecule has 1 saturated heterocycles. The minimum absolute atomic E-state index is 0.0401. The van der Waals surface area contributed by atoms with Crippen molar-refractivity contribution in [2.24, 2.45) is 0 Å². The Balaban J connectivity index is 1.28. The Bertz CT molecular complexity index is 933. The van der Waals surface area contributed by atoms with Gasteiger partial charge in [-0.3, -0.25) is 19.7 Å². The van der Waals surface area contributed by atoms with Crippen molar-refractivity contribution in [1.29, 1.82) is 0 Å². The van der Waals surface area contributed by atoms with Crippen LogP contribution in [0.1, 0.15) is 24.3 Å². The van der Waals surface area contributed by atoms with E-state index in [9.17, 15) is 19.7 Å². The summed E-state index contributed by atoms with van der Waals surface area (Å²) in [6.45, 7) is 0.135. The van der Waals surface area contributed by atoms with E-state index < -0.39 is 10.8 Å². The van der Waals surface area contributed by atoms with Crippen molar-refractivity contribution in [2.75, 3.05) is 13.2 Å². The number of carbonyl (C=O) groups excluding carboxylic acids is 2. The molecule has 8 nitrogen and oxygen atoms in total. The van der Waals surface area contributed by atoms with Gasteiger partial charge in [-0.2, -0.15) is 0 Å². The minimum Gasteiger partial charge on any atom is -0.477 e. The lowest BCUT2D eigenvalue weighted by molar-refractivity contribution is -0.385. The molecule has 2 aromatic carbocycles. The van der Waals surface area contributed by atoms with Gasteiger partial charge in [-0.1, -0.05) is 42.5 Å². The maximum atomic E-state index is 12.4. The summed E-state index contributed by atoms with van der Waals surface area (Å²) in [5.74, 6) is 0.0357. The normalized spacial score (nSPS) is 23.0. The van der Waals surface area contributed by atoms with E-state index in [1.807, 2.05) is 23.1 Å². The predicted molar refractivity (Wildman–Crippen MR) is 104 cm³/mol. The molecular formula is C21H21N3O5. The number of carbonyl (C=O) groups is 2. The molecule has 0 bridgehead atoms. The van der Waals surface area contributed by atoms with E-state index in [1.54, 1.807) is 6.07 Å². The van der Waals surface area contributed by atoms with E-state index in [1.165, 1.54) is 23.8 Å². The van der Waals surface area contributed by atoms with E-state index in [4.69, 9.17) is 4.74 Å². The van der Waals surface area contributed by atoms with E-state index in [-0.39, 0.29) is 42.5 Å². The molecule has 3 atom stereocenters. The fraction of sp³-hybridized carbons (Fsp3) is 0.333. The quantitative estimate of drug-likeness (QED) is 0.572. The van der Waals surface area contributed by atoms with Crippen molar-refractivity contribution < 1.29 is 19.2 Å². The Kier molecular flexibility index (Phi) is 5.16. The monoisotopic (exact) mass is 395 g/mol. The van der Waals surface area contributed by atoms with E-state index in [0.29, 0.717) is 12.5 Å². The summed E-state index contributed by atoms with van der Waals surface area (Å²) >= 11 is 0. The van der Waals surface area contributed by atoms with Crippen LogP contribution in [0.25, 0.3) is 0 Å². The molecule has 1 saturated carbocycles. The zero-order valence-corrected chi connectivity index (χ0v) is 15.7. The number of nitrogens with one attached hydrogen (secondary N) is 1. The summed E-state index contributed by atoms with van der Waals surface area (Å²) in [7, 11) is 0. The third kappa shape index (κ3) is 4.21. The van der Waals surface area contributed by atoms with Crippen LogP contribution in [0.4, 0.5) is 5.69 Å². The number of benzene rings is 2. The van der Waals surface area contributed by atoms with Gasteiger partial charge in [0.05, 0.1) is 11.0 Å². The first kappa shape index (κ1) is 18.9. The van der Waals surface area contributed by atoms with Gasteiger partial charge < -0.3 is 15.0 Å². The van der Waals surface area contributed by atoms with Gasteiger partial charge in [0.1, 0.15) is 0 Å². The lowest BCUT2D eigenvalue weighted by atomic mass is 10.1. The number of nitro groups is 1. The minimum atomic E-state index is -0.556. The summed E-state index contributed by atoms with van der Waals surface area (Å²) in [6, 6.07) is 15.9. The summed E-state index contributed by atoms with van der Waals surface area (Å²) in [6.07, 6.45) is 1.20. The highest BCUT2D eigenvalue weighted by Crippen LogP contribution is 2.45. The van der Waals surface area contributed by atoms with Crippen molar-refractivity contribution in [1.82, 2.24) is 10.2 Å². The number of hydrogen-bond acceptors (Lipinski definition) is 5. The number of nitro benzene ring substituents is 1. The zero-order chi connectivity index (χ0) is 20.4. The third-order valence-electron chi connectivity index (χ3n) is 5.33. The Morgan fingerprint density at radius 3 is 2.66 bits per heavy atom. The van der Waals surface area contributed by atoms with E-state index in [2.05, 4.69) is 17.4 Å². The van der Waals surface area contributed by atoms with Gasteiger partial charge in [-0.15, -0.1) is 0 Å². The molecule has 0 aromatic heterocycles. The lowest BCUT2D eigenvalue weighted by Crippen LogP contribution is -2.40. The maximum Gasteiger partial charge on any atom is 0.310 e. The van der Waals surface area contributed by atoms with Gasteiger partial charge in [0.25, 0.3) is 5.91 Å². The van der Waals surface area contributed by atoms with E-state index >= 15 is 0 Å². The van der Waals surface area contributed by atoms with Crippen LogP contribution in [0.5, 0.6) is 5.75 Å². The SMILES string of the molecule is O=C(COc1ccccc1[N+](=O)[O-])N[C@@H]1CC(=O)N([C@@H]2C[C@@H]2c2ccccc2)C1. The van der Waals surface area contributed by atoms with Crippen LogP contribution in [0.2, 0.25) is 0 Å². The molecule has 8 heteroatoms. The van der Waals surface area contributed by atoms with Crippen molar-refractivity contribution in [2.45, 2.75) is 30.8 Å². The van der Waals surface area contributed by atoms with Crippen LogP contribution in [0.15, 0.2) is 54.6 Å². The Morgan fingerprint density at radius 2 is 1.90 bits per heavy atom. The van der Waals surface area contributed by atoms with Gasteiger partial charge in [-0.05, 0) is 18.1 Å². The average molecular weight is 395 g/mol. The highest BCUT2D eigenvalue weighted by atomic mass is 16.6. The van der Waals surface area contributed by atoms with Crippen molar-refractivity contribution >= 4 is 17.5 Å². The number of hydrogen-bond donors (Lipinski definition) is 1. The second-order valence-electron chi connectivity index (χ2n) is 7.35. The molecular weight excluding hydrogens is 374 g/mol. The van der Waals surface area contributed by atoms with Gasteiger partial charge >= 0.3 is 5.69 Å². The molecule has 1 aliphatic carbocycles. The standard InChI is InChI=1S/C21H21N3O5/c25-20(13-29-19-9-5-4-8-17(19)24(27)28)22-15-10-21(26)23(12-15)18-11-16(18)14-6-2-1-3-7-14/h1-9,15-16,18H,10-13H2,(H,22,25)/t15-,16-,18-/m1/s1. The van der Waals surface area contributed by atoms with Crippen LogP contribution < -0.4 is 10.1 Å². The number of nitrogens with zero attached hydrogens (tertiary/aromatic N) is 2. The van der Waals surface area contributed by atoms with Crippen LogP contribution >= 0.6 is 0 Å². The first-order valence-corrected chi connectivity index (χ1v) is 9.53. The van der Waals surface area contributed by atoms with Crippen molar-refractivity contribution in [3.63, 3.8) is 0 Å². The average Bonchev–Trinajstić information content (AvgIpc) is 3.43. The molecule has 1 heterocycles. The van der Waals surface area contributed by atoms with Crippen LogP contribution in [-0.4, -0.2) is 46.9 Å². The van der Waals surface area contributed by atoms with Gasteiger partial charge in [0, 0.05) is 31.0 Å². The molecule has 0 radical (unpaired) electrons. The van der Waals surface area contributed by atoms with Gasteiger partial charge in [-0.25, -0.2) is 0 Å². The molecule has 0 unspecified atom stereocenters. The van der Waals surface area contributed by atoms with Gasteiger partial charge in [0.15, 0.2) is 12.4 Å². The lowest BCUT2D eigenvalue weighted by Gasteiger charge is -2.17. The number of amides is 2. The Hall–Kier alpha value is -3.42. The first-order chi connectivity index (χ1) is 14.0. The molecule has 2 aromatic rings. The smallest absolute Gasteiger partial charge is 0.310 e. The molecule has 2 aliphatic rings. The number of likely N-dealkylation sites (tertiary alicyclic amines) is 1. The predicted octanol–water partition coefficient (Wildman–Crippen LogP) is 2.25. The van der Waals surface area contributed by atoms with Crippen LogP contribution in [0, 0.1) is 10.1 Å². The second kappa shape index (κ2) is 7.90. The Morgan fingerprint density at radius 1 is 1.17 bits per heavy atom. The van der Waals surface area contributed by atoms with Crippen LogP contribution in [-0.2, 0) is 9.59 Å². The first-order valence-electron chi connectivity index (χ1n) is 9.53. The summed E-state index contributed by atoms with van der Waals surface area (Å²) in [5, 5.41) is 13.8. The Labute approximate surface area is 167 Å². The molecule has 2 amide bonds. The number of para-hydroxylation sites is 2. The second-order valence-corrected chi connectivity index (χ2v) is 7.35. The number of ether oxygens (including phenoxy) is 1. The molecule has 150 valence electrons. The fourth-order valence-electron chi connectivity index (χ4n) is 3.88. The zero-order valence-electron chi connectivity index (χ0n) is 15.7. The maximum absolute atomic E-state index is 12.4. The topological polar surface area (TPSA) is 102 Å². The van der Waals surface area contributed by atoms with Crippen molar-refractivity contribution in [3.8, 4) is 5.75 Å². The fourth-order valence-corrected chi connectivity index (χ4v) is 3.88. The highest BCUT2D eigenvalue weighted by molar-refractivity contribution is 5.83. The molecule has 2 fully saturated rings. The molecule has 0 spiro atoms. The summed E-state index contributed by atoms with van der Waals surface area (Å²) in [5.41, 5.74) is 1.04.